The van der Waals surface area contributed by atoms with Gasteiger partial charge in [-0.25, -0.2) is 4.39 Å². The van der Waals surface area contributed by atoms with Crippen molar-refractivity contribution in [3.05, 3.63) is 0 Å². The summed E-state index contributed by atoms with van der Waals surface area (Å²) in [5.74, 6) is -9.57. The third-order valence-corrected chi connectivity index (χ3v) is 4.52. The summed E-state index contributed by atoms with van der Waals surface area (Å²) in [6, 6.07) is 0. The molecule has 1 rings (SSSR count). The minimum absolute atomic E-state index is 0.585. The van der Waals surface area contributed by atoms with Gasteiger partial charge in [0.25, 0.3) is 5.79 Å². The Bertz CT molecular complexity index is 619. The smallest absolute Gasteiger partial charge is 0.267 e. The van der Waals surface area contributed by atoms with Crippen LogP contribution in [0.1, 0.15) is 27.7 Å². The highest BCUT2D eigenvalue weighted by atomic mass is 19.1. The van der Waals surface area contributed by atoms with E-state index in [4.69, 9.17) is 0 Å². The zero-order chi connectivity index (χ0) is 19.3. The van der Waals surface area contributed by atoms with Crippen molar-refractivity contribution in [1.82, 2.24) is 0 Å². The number of Topliss-reactive ketones (excluding diaryl/α,β-unsaturated/α-hetero) is 4. The fourth-order valence-corrected chi connectivity index (χ4v) is 3.11. The standard InChI is InChI=1S/C14H19FO9/c1-6(16)11(20)10(5-15)24-14(23,9(4)19)13(22,8(3)18)12(11,21)7(2)17/h10,20-23H,5H2,1-4H3/t10-,11+,12+,13-,14+/m1/s1. The second-order valence-corrected chi connectivity index (χ2v) is 5.82. The molecule has 0 spiro atoms. The molecule has 5 atom stereocenters. The summed E-state index contributed by atoms with van der Waals surface area (Å²) in [6.07, 6.45) is -2.41. The lowest BCUT2D eigenvalue weighted by Gasteiger charge is -2.59. The Labute approximate surface area is 136 Å². The summed E-state index contributed by atoms with van der Waals surface area (Å²) >= 11 is 0. The minimum Gasteiger partial charge on any atom is -0.376 e. The van der Waals surface area contributed by atoms with E-state index in [9.17, 15) is 44.0 Å². The van der Waals surface area contributed by atoms with Crippen LogP contribution in [-0.2, 0) is 23.9 Å². The number of rotatable bonds is 5. The molecule has 1 fully saturated rings. The fourth-order valence-electron chi connectivity index (χ4n) is 3.11. The predicted molar refractivity (Wildman–Crippen MR) is 73.4 cm³/mol. The van der Waals surface area contributed by atoms with E-state index in [1.54, 1.807) is 0 Å². The van der Waals surface area contributed by atoms with Gasteiger partial charge in [-0.15, -0.1) is 0 Å². The van der Waals surface area contributed by atoms with Gasteiger partial charge in [0.2, 0.25) is 11.2 Å². The SMILES string of the molecule is CC(=O)[C@@]1(O)[C@](O)(C(C)=O)[C@](O)(C(C)=O)[C@@H](CF)O[C@@]1(O)C(C)=O. The number of ether oxygens (including phenoxy) is 1. The molecule has 4 N–H and O–H groups in total. The average Bonchev–Trinajstić information content (AvgIpc) is 2.47. The highest BCUT2D eigenvalue weighted by Crippen LogP contribution is 2.50. The van der Waals surface area contributed by atoms with Gasteiger partial charge in [0.1, 0.15) is 12.8 Å². The maximum Gasteiger partial charge on any atom is 0.267 e. The third kappa shape index (κ3) is 1.97. The van der Waals surface area contributed by atoms with E-state index in [0.717, 1.165) is 0 Å². The number of hydrogen-bond donors (Lipinski definition) is 4. The molecule has 0 bridgehead atoms. The molecular weight excluding hydrogens is 331 g/mol. The first kappa shape index (κ1) is 20.5. The summed E-state index contributed by atoms with van der Waals surface area (Å²) in [4.78, 5) is 47.8. The summed E-state index contributed by atoms with van der Waals surface area (Å²) in [7, 11) is 0. The lowest BCUT2D eigenvalue weighted by atomic mass is 9.58. The number of alkyl halides is 1. The molecule has 0 aliphatic carbocycles. The summed E-state index contributed by atoms with van der Waals surface area (Å²) in [5, 5.41) is 42.4. The minimum atomic E-state index is -3.76. The Morgan fingerprint density at radius 1 is 0.833 bits per heavy atom. The highest BCUT2D eigenvalue weighted by Gasteiger charge is 2.83. The molecule has 0 aromatic rings. The zero-order valence-electron chi connectivity index (χ0n) is 13.5. The second kappa shape index (κ2) is 5.74. The van der Waals surface area contributed by atoms with Crippen LogP contribution < -0.4 is 0 Å². The Hall–Kier alpha value is -1.59. The van der Waals surface area contributed by atoms with E-state index in [2.05, 4.69) is 4.74 Å². The van der Waals surface area contributed by atoms with Crippen molar-refractivity contribution in [2.24, 2.45) is 0 Å². The first-order valence-corrected chi connectivity index (χ1v) is 6.86. The van der Waals surface area contributed by atoms with Crippen LogP contribution in [0.5, 0.6) is 0 Å². The number of carbonyl (C=O) groups excluding carboxylic acids is 4. The molecule has 136 valence electrons. The molecule has 0 amide bonds. The maximum absolute atomic E-state index is 13.4. The molecule has 10 heteroatoms. The van der Waals surface area contributed by atoms with Crippen LogP contribution in [-0.4, -0.2) is 78.9 Å². The van der Waals surface area contributed by atoms with Crippen LogP contribution in [0, 0.1) is 0 Å². The van der Waals surface area contributed by atoms with Crippen molar-refractivity contribution in [3.8, 4) is 0 Å². The van der Waals surface area contributed by atoms with E-state index in [-0.39, 0.29) is 0 Å². The Balaban J connectivity index is 4.05. The molecular formula is C14H19FO9. The van der Waals surface area contributed by atoms with E-state index in [0.29, 0.717) is 27.7 Å². The van der Waals surface area contributed by atoms with Crippen molar-refractivity contribution >= 4 is 23.1 Å². The molecule has 0 saturated carbocycles. The lowest BCUT2D eigenvalue weighted by molar-refractivity contribution is -0.389. The number of carbonyl (C=O) groups is 4. The fraction of sp³-hybridized carbons (Fsp3) is 0.714. The molecule has 1 heterocycles. The molecule has 0 aromatic carbocycles. The molecule has 9 nitrogen and oxygen atoms in total. The number of halogens is 1. The van der Waals surface area contributed by atoms with Crippen LogP contribution in [0.3, 0.4) is 0 Å². The topological polar surface area (TPSA) is 158 Å². The maximum atomic E-state index is 13.4. The molecule has 24 heavy (non-hydrogen) atoms. The second-order valence-electron chi connectivity index (χ2n) is 5.82. The quantitative estimate of drug-likeness (QED) is 0.424. The van der Waals surface area contributed by atoms with Crippen molar-refractivity contribution in [2.75, 3.05) is 6.67 Å². The van der Waals surface area contributed by atoms with Crippen LogP contribution in [0.4, 0.5) is 4.39 Å². The van der Waals surface area contributed by atoms with E-state index in [1.165, 1.54) is 0 Å². The van der Waals surface area contributed by atoms with Crippen LogP contribution in [0.2, 0.25) is 0 Å². The van der Waals surface area contributed by atoms with Crippen LogP contribution in [0.25, 0.3) is 0 Å². The summed E-state index contributed by atoms with van der Waals surface area (Å²) in [6.45, 7) is 0.736. The van der Waals surface area contributed by atoms with Gasteiger partial charge in [0.15, 0.2) is 28.7 Å². The average molecular weight is 350 g/mol. The molecule has 1 aliphatic heterocycles. The number of ketones is 4. The van der Waals surface area contributed by atoms with Crippen LogP contribution >= 0.6 is 0 Å². The number of hydrogen-bond acceptors (Lipinski definition) is 9. The van der Waals surface area contributed by atoms with Crippen LogP contribution in [0.15, 0.2) is 0 Å². The van der Waals surface area contributed by atoms with Gasteiger partial charge < -0.3 is 25.2 Å². The van der Waals surface area contributed by atoms with E-state index in [1.807, 2.05) is 0 Å². The number of aliphatic hydroxyl groups is 4. The summed E-state index contributed by atoms with van der Waals surface area (Å²) < 4.78 is 18.0. The molecule has 0 aromatic heterocycles. The van der Waals surface area contributed by atoms with E-state index < -0.39 is 58.5 Å². The van der Waals surface area contributed by atoms with Crippen molar-refractivity contribution in [1.29, 1.82) is 0 Å². The van der Waals surface area contributed by atoms with Gasteiger partial charge in [-0.05, 0) is 20.8 Å². The van der Waals surface area contributed by atoms with Gasteiger partial charge in [0.05, 0.1) is 0 Å². The van der Waals surface area contributed by atoms with Gasteiger partial charge in [-0.2, -0.15) is 0 Å². The van der Waals surface area contributed by atoms with Crippen molar-refractivity contribution < 1.29 is 48.7 Å². The first-order valence-electron chi connectivity index (χ1n) is 6.86. The first-order chi connectivity index (χ1) is 10.7. The normalized spacial score (nSPS) is 42.5. The molecule has 1 saturated heterocycles. The largest absolute Gasteiger partial charge is 0.376 e. The van der Waals surface area contributed by atoms with Crippen molar-refractivity contribution in [3.63, 3.8) is 0 Å². The van der Waals surface area contributed by atoms with Crippen molar-refractivity contribution in [2.45, 2.75) is 56.4 Å². The molecule has 0 unspecified atom stereocenters. The van der Waals surface area contributed by atoms with Gasteiger partial charge in [-0.1, -0.05) is 0 Å². The van der Waals surface area contributed by atoms with E-state index >= 15 is 0 Å². The third-order valence-electron chi connectivity index (χ3n) is 4.52. The molecule has 0 radical (unpaired) electrons. The predicted octanol–water partition coefficient (Wildman–Crippen LogP) is -2.41. The monoisotopic (exact) mass is 350 g/mol. The summed E-state index contributed by atoms with van der Waals surface area (Å²) in [5.41, 5.74) is -10.9. The highest BCUT2D eigenvalue weighted by molar-refractivity contribution is 6.08. The lowest BCUT2D eigenvalue weighted by Crippen LogP contribution is -2.90. The van der Waals surface area contributed by atoms with Gasteiger partial charge in [0, 0.05) is 6.92 Å². The Kier molecular flexibility index (Phi) is 4.89. The Morgan fingerprint density at radius 2 is 1.25 bits per heavy atom. The Morgan fingerprint density at radius 3 is 1.50 bits per heavy atom. The van der Waals surface area contributed by atoms with Gasteiger partial charge in [-0.3, -0.25) is 19.2 Å². The molecule has 1 aliphatic rings. The van der Waals surface area contributed by atoms with Gasteiger partial charge >= 0.3 is 0 Å². The zero-order valence-corrected chi connectivity index (χ0v) is 13.5.